The van der Waals surface area contributed by atoms with Crippen molar-refractivity contribution < 1.29 is 19.2 Å². The molecule has 0 aromatic heterocycles. The molecule has 0 atom stereocenters. The van der Waals surface area contributed by atoms with E-state index in [1.807, 2.05) is 13.8 Å². The van der Waals surface area contributed by atoms with E-state index in [0.29, 0.717) is 13.2 Å². The normalized spacial score (nSPS) is 13.3. The van der Waals surface area contributed by atoms with E-state index in [1.54, 1.807) is 27.7 Å². The van der Waals surface area contributed by atoms with Gasteiger partial charge in [-0.05, 0) is 41.5 Å². The fraction of sp³-hybridized carbons (Fsp3) is 1.00. The molecule has 0 amide bonds. The summed E-state index contributed by atoms with van der Waals surface area (Å²) >= 11 is 0. The molecule has 0 saturated heterocycles. The molecule has 0 heterocycles. The van der Waals surface area contributed by atoms with Gasteiger partial charge in [0.1, 0.15) is 0 Å². The van der Waals surface area contributed by atoms with Gasteiger partial charge in [-0.3, -0.25) is 0 Å². The lowest BCUT2D eigenvalue weighted by Gasteiger charge is -2.29. The molecule has 0 spiro atoms. The van der Waals surface area contributed by atoms with Crippen molar-refractivity contribution in [3.05, 3.63) is 0 Å². The molecule has 0 radical (unpaired) electrons. The van der Waals surface area contributed by atoms with E-state index in [-0.39, 0.29) is 0 Å². The van der Waals surface area contributed by atoms with Crippen LogP contribution < -0.4 is 0 Å². The molecule has 0 unspecified atom stereocenters. The molecule has 86 valence electrons. The largest absolute Gasteiger partial charge is 0.348 e. The predicted octanol–water partition coefficient (Wildman–Crippen LogP) is 2.48. The third kappa shape index (κ3) is 6.32. The fourth-order valence-electron chi connectivity index (χ4n) is 0.944. The second-order valence-corrected chi connectivity index (χ2v) is 3.83. The maximum Gasteiger partial charge on any atom is 0.196 e. The minimum Gasteiger partial charge on any atom is -0.348 e. The Labute approximate surface area is 86.4 Å². The zero-order valence-electron chi connectivity index (χ0n) is 10.0. The van der Waals surface area contributed by atoms with Gasteiger partial charge in [0.25, 0.3) is 0 Å². The Morgan fingerprint density at radius 3 is 1.21 bits per heavy atom. The third-order valence-corrected chi connectivity index (χ3v) is 1.43. The van der Waals surface area contributed by atoms with Crippen LogP contribution in [-0.4, -0.2) is 24.8 Å². The molecule has 4 nitrogen and oxygen atoms in total. The smallest absolute Gasteiger partial charge is 0.196 e. The molecule has 0 fully saturated rings. The van der Waals surface area contributed by atoms with Gasteiger partial charge in [0.05, 0.1) is 0 Å². The molecule has 0 aromatic carbocycles. The first-order valence-electron chi connectivity index (χ1n) is 4.97. The first kappa shape index (κ1) is 13.8. The van der Waals surface area contributed by atoms with Crippen LogP contribution >= 0.6 is 0 Å². The molecule has 0 aliphatic rings. The highest BCUT2D eigenvalue weighted by atomic mass is 17.3. The summed E-state index contributed by atoms with van der Waals surface area (Å²) in [6, 6.07) is 0. The van der Waals surface area contributed by atoms with Crippen LogP contribution in [0.2, 0.25) is 0 Å². The van der Waals surface area contributed by atoms with Crippen molar-refractivity contribution in [1.29, 1.82) is 0 Å². The monoisotopic (exact) mass is 206 g/mol. The zero-order valence-corrected chi connectivity index (χ0v) is 10.0. The van der Waals surface area contributed by atoms with Gasteiger partial charge in [-0.15, -0.1) is 0 Å². The van der Waals surface area contributed by atoms with Crippen LogP contribution in [0.25, 0.3) is 0 Å². The molecular formula is C10H22O4. The van der Waals surface area contributed by atoms with Crippen LogP contribution in [0.15, 0.2) is 0 Å². The SMILES string of the molecule is CCOC(C)(C)OOC(C)(C)OCC. The van der Waals surface area contributed by atoms with E-state index in [4.69, 9.17) is 19.2 Å². The Morgan fingerprint density at radius 1 is 0.714 bits per heavy atom. The van der Waals surface area contributed by atoms with Crippen LogP contribution in [0.3, 0.4) is 0 Å². The van der Waals surface area contributed by atoms with Gasteiger partial charge < -0.3 is 9.47 Å². The standard InChI is InChI=1S/C10H22O4/c1-7-11-9(3,4)13-14-10(5,6)12-8-2/h7-8H2,1-6H3. The van der Waals surface area contributed by atoms with E-state index >= 15 is 0 Å². The Hall–Kier alpha value is -0.160. The highest BCUT2D eigenvalue weighted by Gasteiger charge is 2.26. The molecule has 4 heteroatoms. The summed E-state index contributed by atoms with van der Waals surface area (Å²) in [4.78, 5) is 10.3. The second kappa shape index (κ2) is 5.66. The average Bonchev–Trinajstić information content (AvgIpc) is 2.01. The van der Waals surface area contributed by atoms with Crippen LogP contribution in [0.1, 0.15) is 41.5 Å². The lowest BCUT2D eigenvalue weighted by atomic mass is 10.4. The van der Waals surface area contributed by atoms with Crippen molar-refractivity contribution in [2.24, 2.45) is 0 Å². The van der Waals surface area contributed by atoms with E-state index in [9.17, 15) is 0 Å². The maximum absolute atomic E-state index is 5.30. The van der Waals surface area contributed by atoms with Crippen LogP contribution in [0, 0.1) is 0 Å². The molecule has 0 saturated carbocycles. The van der Waals surface area contributed by atoms with Crippen molar-refractivity contribution in [3.63, 3.8) is 0 Å². The first-order valence-corrected chi connectivity index (χ1v) is 4.97. The summed E-state index contributed by atoms with van der Waals surface area (Å²) in [5.74, 6) is -1.49. The van der Waals surface area contributed by atoms with Crippen molar-refractivity contribution >= 4 is 0 Å². The lowest BCUT2D eigenvalue weighted by Crippen LogP contribution is -2.36. The Morgan fingerprint density at radius 2 is 1.00 bits per heavy atom. The quantitative estimate of drug-likeness (QED) is 0.364. The number of rotatable bonds is 7. The van der Waals surface area contributed by atoms with Gasteiger partial charge in [-0.2, -0.15) is 9.78 Å². The minimum absolute atomic E-state index is 0.575. The van der Waals surface area contributed by atoms with Crippen molar-refractivity contribution in [2.75, 3.05) is 13.2 Å². The van der Waals surface area contributed by atoms with Gasteiger partial charge in [0, 0.05) is 13.2 Å². The van der Waals surface area contributed by atoms with Crippen molar-refractivity contribution in [3.8, 4) is 0 Å². The number of hydrogen-bond donors (Lipinski definition) is 0. The molecule has 0 aromatic rings. The van der Waals surface area contributed by atoms with Gasteiger partial charge in [0.2, 0.25) is 0 Å². The summed E-state index contributed by atoms with van der Waals surface area (Å²) < 4.78 is 10.6. The summed E-state index contributed by atoms with van der Waals surface area (Å²) in [5.41, 5.74) is 0. The first-order chi connectivity index (χ1) is 6.33. The molecule has 0 bridgehead atoms. The van der Waals surface area contributed by atoms with Crippen LogP contribution in [0.4, 0.5) is 0 Å². The van der Waals surface area contributed by atoms with E-state index in [1.165, 1.54) is 0 Å². The summed E-state index contributed by atoms with van der Waals surface area (Å²) in [6.07, 6.45) is 0. The average molecular weight is 206 g/mol. The Bertz CT molecular complexity index is 136. The Kier molecular flexibility index (Phi) is 5.59. The molecule has 0 rings (SSSR count). The van der Waals surface area contributed by atoms with Crippen molar-refractivity contribution in [1.82, 2.24) is 0 Å². The number of ether oxygens (including phenoxy) is 2. The van der Waals surface area contributed by atoms with Gasteiger partial charge in [0.15, 0.2) is 11.6 Å². The van der Waals surface area contributed by atoms with Crippen LogP contribution in [0.5, 0.6) is 0 Å². The molecule has 0 aliphatic carbocycles. The van der Waals surface area contributed by atoms with Gasteiger partial charge >= 0.3 is 0 Å². The van der Waals surface area contributed by atoms with E-state index in [0.717, 1.165) is 0 Å². The summed E-state index contributed by atoms with van der Waals surface area (Å²) in [7, 11) is 0. The Balaban J connectivity index is 3.90. The molecule has 0 aliphatic heterocycles. The third-order valence-electron chi connectivity index (χ3n) is 1.43. The van der Waals surface area contributed by atoms with E-state index < -0.39 is 11.6 Å². The fourth-order valence-corrected chi connectivity index (χ4v) is 0.944. The van der Waals surface area contributed by atoms with Crippen LogP contribution in [-0.2, 0) is 19.2 Å². The zero-order chi connectivity index (χ0) is 11.2. The number of hydrogen-bond acceptors (Lipinski definition) is 4. The lowest BCUT2D eigenvalue weighted by molar-refractivity contribution is -0.489. The topological polar surface area (TPSA) is 36.9 Å². The molecular weight excluding hydrogens is 184 g/mol. The second-order valence-electron chi connectivity index (χ2n) is 3.83. The van der Waals surface area contributed by atoms with E-state index in [2.05, 4.69) is 0 Å². The molecule has 0 N–H and O–H groups in total. The van der Waals surface area contributed by atoms with Crippen molar-refractivity contribution in [2.45, 2.75) is 53.1 Å². The maximum atomic E-state index is 5.30. The highest BCUT2D eigenvalue weighted by molar-refractivity contribution is 4.52. The highest BCUT2D eigenvalue weighted by Crippen LogP contribution is 2.18. The minimum atomic E-state index is -0.747. The summed E-state index contributed by atoms with van der Waals surface area (Å²) in [6.45, 7) is 12.1. The van der Waals surface area contributed by atoms with Gasteiger partial charge in [-0.25, -0.2) is 0 Å². The summed E-state index contributed by atoms with van der Waals surface area (Å²) in [5, 5.41) is 0. The predicted molar refractivity (Wildman–Crippen MR) is 53.6 cm³/mol. The molecule has 14 heavy (non-hydrogen) atoms. The van der Waals surface area contributed by atoms with Gasteiger partial charge in [-0.1, -0.05) is 0 Å².